The molecule has 0 saturated heterocycles. The number of rotatable bonds is 0. The van der Waals surface area contributed by atoms with Crippen LogP contribution in [0.1, 0.15) is 0 Å². The van der Waals surface area contributed by atoms with Crippen molar-refractivity contribution in [3.63, 3.8) is 0 Å². The Balaban J connectivity index is -0.00000000500. The van der Waals surface area contributed by atoms with Crippen LogP contribution in [-0.2, 0) is 40.8 Å². The molecule has 0 bridgehead atoms. The van der Waals surface area contributed by atoms with Crippen LogP contribution in [0.4, 0.5) is 0 Å². The molecule has 0 aromatic heterocycles. The molecule has 0 aliphatic heterocycles. The van der Waals surface area contributed by atoms with Gasteiger partial charge in [-0.15, -0.1) is 0 Å². The third kappa shape index (κ3) is 8.85. The Hall–Kier alpha value is 2.29. The Morgan fingerprint density at radius 1 is 1.25 bits per heavy atom. The van der Waals surface area contributed by atoms with Crippen LogP contribution in [0.15, 0.2) is 0 Å². The van der Waals surface area contributed by atoms with E-state index in [0.717, 1.165) is 20.4 Å². The molecular formula is CaCuOTi+4. The topological polar surface area (TPSA) is 17.1 Å². The zero-order chi connectivity index (χ0) is 2.00. The fourth-order valence-electron chi connectivity index (χ4n) is 0. The van der Waals surface area contributed by atoms with Crippen molar-refractivity contribution in [3.8, 4) is 0 Å². The van der Waals surface area contributed by atoms with Gasteiger partial charge in [0.1, 0.15) is 0 Å². The summed E-state index contributed by atoms with van der Waals surface area (Å²) in [4.78, 5) is 0. The molecule has 0 heterocycles. The molecule has 4 heteroatoms. The minimum atomic E-state index is 0. The average molecular weight is 167 g/mol. The van der Waals surface area contributed by atoms with Gasteiger partial charge in [0.05, 0.1) is 0 Å². The van der Waals surface area contributed by atoms with Crippen LogP contribution in [0.2, 0.25) is 0 Å². The van der Waals surface area contributed by atoms with Gasteiger partial charge in [-0.25, -0.2) is 0 Å². The van der Waals surface area contributed by atoms with Crippen molar-refractivity contribution in [1.29, 1.82) is 0 Å². The predicted octanol–water partition coefficient (Wildman–Crippen LogP) is -0.505. The second-order valence-electron chi connectivity index (χ2n) is 0. The van der Waals surface area contributed by atoms with Crippen molar-refractivity contribution in [1.82, 2.24) is 0 Å². The molecule has 0 aliphatic carbocycles. The summed E-state index contributed by atoms with van der Waals surface area (Å²) < 4.78 is 8.25. The van der Waals surface area contributed by atoms with E-state index in [1.54, 1.807) is 0 Å². The van der Waals surface area contributed by atoms with E-state index in [2.05, 4.69) is 0 Å². The van der Waals surface area contributed by atoms with Gasteiger partial charge >= 0.3 is 78.5 Å². The van der Waals surface area contributed by atoms with E-state index >= 15 is 0 Å². The van der Waals surface area contributed by atoms with Gasteiger partial charge in [0.15, 0.2) is 0 Å². The van der Waals surface area contributed by atoms with Crippen molar-refractivity contribution in [2.24, 2.45) is 0 Å². The van der Waals surface area contributed by atoms with E-state index in [0.29, 0.717) is 0 Å². The minimum absolute atomic E-state index is 0. The zero-order valence-electron chi connectivity index (χ0n) is 1.92. The molecule has 0 N–H and O–H groups in total. The Morgan fingerprint density at radius 2 is 1.25 bits per heavy atom. The molecule has 0 amide bonds. The Morgan fingerprint density at radius 3 is 1.25 bits per heavy atom. The van der Waals surface area contributed by atoms with E-state index in [1.165, 1.54) is 0 Å². The normalized spacial score (nSPS) is 0.750. The van der Waals surface area contributed by atoms with E-state index in [9.17, 15) is 0 Å². The van der Waals surface area contributed by atoms with Gasteiger partial charge in [0.25, 0.3) is 0 Å². The molecule has 0 aromatic carbocycles. The Bertz CT molecular complexity index is 8.00. The van der Waals surface area contributed by atoms with Crippen molar-refractivity contribution in [2.75, 3.05) is 0 Å². The van der Waals surface area contributed by atoms with Crippen LogP contribution >= 0.6 is 0 Å². The van der Waals surface area contributed by atoms with Crippen LogP contribution in [-0.4, -0.2) is 37.7 Å². The average Bonchev–Trinajstić information content (AvgIpc) is 1.00. The first-order valence-electron chi connectivity index (χ1n) is 0.204. The molecule has 0 saturated carbocycles. The molecule has 0 atom stereocenters. The van der Waals surface area contributed by atoms with Crippen LogP contribution in [0.3, 0.4) is 0 Å². The van der Waals surface area contributed by atoms with E-state index in [-0.39, 0.29) is 54.8 Å². The summed E-state index contributed by atoms with van der Waals surface area (Å²) in [6, 6.07) is 0. The van der Waals surface area contributed by atoms with Gasteiger partial charge in [-0.1, -0.05) is 0 Å². The van der Waals surface area contributed by atoms with Crippen molar-refractivity contribution >= 4 is 37.7 Å². The van der Waals surface area contributed by atoms with Crippen molar-refractivity contribution in [3.05, 3.63) is 0 Å². The van der Waals surface area contributed by atoms with Crippen LogP contribution in [0.25, 0.3) is 0 Å². The summed E-state index contributed by atoms with van der Waals surface area (Å²) in [7, 11) is 0. The first-order chi connectivity index (χ1) is 1.00. The van der Waals surface area contributed by atoms with Crippen LogP contribution < -0.4 is 0 Å². The maximum atomic E-state index is 8.25. The molecule has 0 aliphatic rings. The molecular weight excluding hydrogens is 167 g/mol. The van der Waals surface area contributed by atoms with Gasteiger partial charge in [-0.2, -0.15) is 0 Å². The predicted molar refractivity (Wildman–Crippen MR) is 6.44 cm³/mol. The monoisotopic (exact) mass is 167 g/mol. The van der Waals surface area contributed by atoms with Crippen molar-refractivity contribution in [2.45, 2.75) is 0 Å². The maximum absolute atomic E-state index is 8.25. The van der Waals surface area contributed by atoms with Gasteiger partial charge in [0, 0.05) is 0 Å². The third-order valence-corrected chi connectivity index (χ3v) is 0. The van der Waals surface area contributed by atoms with Crippen LogP contribution in [0, 0.1) is 0 Å². The number of hydrogen-bond acceptors (Lipinski definition) is 1. The second kappa shape index (κ2) is 18.6. The van der Waals surface area contributed by atoms with E-state index in [4.69, 9.17) is 3.32 Å². The standard InChI is InChI=1S/Ca.Cu.O.Ti/q2*+2;;. The van der Waals surface area contributed by atoms with E-state index < -0.39 is 0 Å². The Labute approximate surface area is 77.1 Å². The summed E-state index contributed by atoms with van der Waals surface area (Å²) >= 11 is 0.750. The summed E-state index contributed by atoms with van der Waals surface area (Å²) in [6.07, 6.45) is 0. The van der Waals surface area contributed by atoms with Crippen LogP contribution in [0.5, 0.6) is 0 Å². The first kappa shape index (κ1) is 16.3. The summed E-state index contributed by atoms with van der Waals surface area (Å²) in [5, 5.41) is 0. The molecule has 19 valence electrons. The fourth-order valence-corrected chi connectivity index (χ4v) is 0. The van der Waals surface area contributed by atoms with Gasteiger partial charge < -0.3 is 0 Å². The molecule has 1 radical (unpaired) electrons. The summed E-state index contributed by atoms with van der Waals surface area (Å²) in [5.41, 5.74) is 0. The molecule has 0 fully saturated rings. The summed E-state index contributed by atoms with van der Waals surface area (Å²) in [6.45, 7) is 0. The van der Waals surface area contributed by atoms with Gasteiger partial charge in [-0.05, 0) is 0 Å². The molecule has 1 nitrogen and oxygen atoms in total. The quantitative estimate of drug-likeness (QED) is 0.445. The molecule has 0 rings (SSSR count). The van der Waals surface area contributed by atoms with Crippen molar-refractivity contribution < 1.29 is 40.8 Å². The number of hydrogen-bond donors (Lipinski definition) is 0. The molecule has 4 heavy (non-hydrogen) atoms. The second-order valence-corrected chi connectivity index (χ2v) is 0. The molecule has 0 aromatic rings. The SMILES string of the molecule is [Ca+2].[Cu+2].[O]=[Ti]. The summed E-state index contributed by atoms with van der Waals surface area (Å²) in [5.74, 6) is 0. The zero-order valence-corrected chi connectivity index (χ0v) is 6.63. The first-order valence-corrected chi connectivity index (χ1v) is 0.842. The van der Waals surface area contributed by atoms with E-state index in [1.807, 2.05) is 0 Å². The fraction of sp³-hybridized carbons (Fsp3) is 0. The molecule has 0 unspecified atom stereocenters. The Kier molecular flexibility index (Phi) is 75.4. The third-order valence-electron chi connectivity index (χ3n) is 0. The molecule has 0 spiro atoms. The van der Waals surface area contributed by atoms with Gasteiger partial charge in [-0.3, -0.25) is 0 Å². The van der Waals surface area contributed by atoms with Gasteiger partial charge in [0.2, 0.25) is 0 Å².